The molecule has 23 heavy (non-hydrogen) atoms. The van der Waals surface area contributed by atoms with Crippen LogP contribution in [0.3, 0.4) is 0 Å². The van der Waals surface area contributed by atoms with E-state index in [1.54, 1.807) is 0 Å². The highest BCUT2D eigenvalue weighted by molar-refractivity contribution is 5.74. The summed E-state index contributed by atoms with van der Waals surface area (Å²) >= 11 is 0. The number of hydrogen-bond donors (Lipinski definition) is 1. The molecule has 1 heterocycles. The number of carbonyl (C=O) groups is 1. The van der Waals surface area contributed by atoms with Crippen molar-refractivity contribution in [2.75, 3.05) is 39.3 Å². The minimum atomic E-state index is -0.189. The Balaban J connectivity index is 1.65. The number of halogens is 1. The lowest BCUT2D eigenvalue weighted by molar-refractivity contribution is 0.140. The maximum atomic E-state index is 12.9. The van der Waals surface area contributed by atoms with E-state index >= 15 is 0 Å². The van der Waals surface area contributed by atoms with Crippen LogP contribution in [0.25, 0.3) is 0 Å². The van der Waals surface area contributed by atoms with Gasteiger partial charge in [-0.2, -0.15) is 0 Å². The number of carbonyl (C=O) groups excluding carboxylic acids is 1. The number of urea groups is 1. The van der Waals surface area contributed by atoms with Crippen molar-refractivity contribution in [3.05, 3.63) is 35.6 Å². The van der Waals surface area contributed by atoms with Crippen molar-refractivity contribution < 1.29 is 9.18 Å². The Kier molecular flexibility index (Phi) is 6.84. The third-order valence-electron chi connectivity index (χ3n) is 4.29. The van der Waals surface area contributed by atoms with E-state index < -0.39 is 0 Å². The minimum absolute atomic E-state index is 0.0591. The van der Waals surface area contributed by atoms with E-state index in [9.17, 15) is 9.18 Å². The average Bonchev–Trinajstić information content (AvgIpc) is 2.54. The van der Waals surface area contributed by atoms with Crippen LogP contribution in [0.5, 0.6) is 0 Å². The zero-order chi connectivity index (χ0) is 16.7. The Morgan fingerprint density at radius 2 is 1.83 bits per heavy atom. The van der Waals surface area contributed by atoms with Gasteiger partial charge in [0.15, 0.2) is 0 Å². The lowest BCUT2D eigenvalue weighted by Crippen LogP contribution is -2.52. The molecular weight excluding hydrogens is 293 g/mol. The largest absolute Gasteiger partial charge is 0.338 e. The van der Waals surface area contributed by atoms with E-state index in [1.165, 1.54) is 12.1 Å². The zero-order valence-corrected chi connectivity index (χ0v) is 14.2. The standard InChI is InChI=1S/C18H28FN3O/c1-15(2)7-9-20-18(23)22-13-11-21(12-14-22)10-8-16-3-5-17(19)6-4-16/h3-6,15H,7-14H2,1-2H3,(H,20,23). The molecule has 1 aromatic carbocycles. The first-order valence-corrected chi connectivity index (χ1v) is 8.54. The molecule has 2 rings (SSSR count). The molecule has 1 fully saturated rings. The Bertz CT molecular complexity index is 482. The first kappa shape index (κ1) is 17.7. The van der Waals surface area contributed by atoms with E-state index in [-0.39, 0.29) is 11.8 Å². The summed E-state index contributed by atoms with van der Waals surface area (Å²) in [6.07, 6.45) is 1.93. The predicted octanol–water partition coefficient (Wildman–Crippen LogP) is 2.74. The molecule has 1 N–H and O–H groups in total. The van der Waals surface area contributed by atoms with Gasteiger partial charge in [0.25, 0.3) is 0 Å². The summed E-state index contributed by atoms with van der Waals surface area (Å²) in [5.41, 5.74) is 1.15. The van der Waals surface area contributed by atoms with Gasteiger partial charge in [-0.1, -0.05) is 26.0 Å². The molecule has 1 aliphatic heterocycles. The van der Waals surface area contributed by atoms with E-state index in [4.69, 9.17) is 0 Å². The van der Waals surface area contributed by atoms with Gasteiger partial charge in [0, 0.05) is 39.3 Å². The SMILES string of the molecule is CC(C)CCNC(=O)N1CCN(CCc2ccc(F)cc2)CC1. The predicted molar refractivity (Wildman–Crippen MR) is 91.0 cm³/mol. The van der Waals surface area contributed by atoms with Crippen LogP contribution in [-0.2, 0) is 6.42 Å². The number of benzene rings is 1. The molecule has 0 aromatic heterocycles. The van der Waals surface area contributed by atoms with Crippen LogP contribution < -0.4 is 5.32 Å². The molecule has 0 aliphatic carbocycles. The molecule has 2 amide bonds. The van der Waals surface area contributed by atoms with Crippen LogP contribution in [0.15, 0.2) is 24.3 Å². The lowest BCUT2D eigenvalue weighted by atomic mass is 10.1. The number of piperazine rings is 1. The van der Waals surface area contributed by atoms with Crippen molar-refractivity contribution in [2.45, 2.75) is 26.7 Å². The van der Waals surface area contributed by atoms with Crippen molar-refractivity contribution >= 4 is 6.03 Å². The highest BCUT2D eigenvalue weighted by Crippen LogP contribution is 2.07. The molecule has 0 radical (unpaired) electrons. The van der Waals surface area contributed by atoms with Crippen LogP contribution in [0.4, 0.5) is 9.18 Å². The zero-order valence-electron chi connectivity index (χ0n) is 14.2. The number of nitrogens with zero attached hydrogens (tertiary/aromatic N) is 2. The van der Waals surface area contributed by atoms with E-state index in [2.05, 4.69) is 24.1 Å². The monoisotopic (exact) mass is 321 g/mol. The average molecular weight is 321 g/mol. The quantitative estimate of drug-likeness (QED) is 0.874. The van der Waals surface area contributed by atoms with Gasteiger partial charge in [-0.05, 0) is 36.5 Å². The molecule has 0 atom stereocenters. The van der Waals surface area contributed by atoms with Crippen LogP contribution in [0.2, 0.25) is 0 Å². The summed E-state index contributed by atoms with van der Waals surface area (Å²) in [7, 11) is 0. The maximum Gasteiger partial charge on any atom is 0.317 e. The molecular formula is C18H28FN3O. The molecule has 128 valence electrons. The fourth-order valence-corrected chi connectivity index (χ4v) is 2.69. The van der Waals surface area contributed by atoms with E-state index in [0.29, 0.717) is 5.92 Å². The number of nitrogens with one attached hydrogen (secondary N) is 1. The molecule has 1 aromatic rings. The van der Waals surface area contributed by atoms with Gasteiger partial charge in [0.1, 0.15) is 5.82 Å². The third-order valence-corrected chi connectivity index (χ3v) is 4.29. The minimum Gasteiger partial charge on any atom is -0.338 e. The summed E-state index contributed by atoms with van der Waals surface area (Å²) in [6.45, 7) is 9.37. The molecule has 4 nitrogen and oxygen atoms in total. The summed E-state index contributed by atoms with van der Waals surface area (Å²) in [4.78, 5) is 16.3. The van der Waals surface area contributed by atoms with E-state index in [0.717, 1.165) is 57.7 Å². The van der Waals surface area contributed by atoms with Crippen molar-refractivity contribution in [1.29, 1.82) is 0 Å². The molecule has 1 saturated heterocycles. The Hall–Kier alpha value is -1.62. The van der Waals surface area contributed by atoms with Gasteiger partial charge in [-0.15, -0.1) is 0 Å². The molecule has 5 heteroatoms. The van der Waals surface area contributed by atoms with Gasteiger partial charge in [-0.25, -0.2) is 9.18 Å². The Morgan fingerprint density at radius 3 is 2.43 bits per heavy atom. The summed E-state index contributed by atoms with van der Waals surface area (Å²) in [5.74, 6) is 0.421. The van der Waals surface area contributed by atoms with Gasteiger partial charge < -0.3 is 10.2 Å². The number of rotatable bonds is 6. The molecule has 0 saturated carbocycles. The van der Waals surface area contributed by atoms with Crippen molar-refractivity contribution in [1.82, 2.24) is 15.1 Å². The Morgan fingerprint density at radius 1 is 1.17 bits per heavy atom. The fourth-order valence-electron chi connectivity index (χ4n) is 2.69. The molecule has 0 spiro atoms. The second kappa shape index (κ2) is 8.87. The van der Waals surface area contributed by atoms with Crippen LogP contribution in [0, 0.1) is 11.7 Å². The first-order valence-electron chi connectivity index (χ1n) is 8.54. The molecule has 0 bridgehead atoms. The van der Waals surface area contributed by atoms with Gasteiger partial charge >= 0.3 is 6.03 Å². The fraction of sp³-hybridized carbons (Fsp3) is 0.611. The smallest absolute Gasteiger partial charge is 0.317 e. The third kappa shape index (κ3) is 6.18. The molecule has 1 aliphatic rings. The van der Waals surface area contributed by atoms with Crippen molar-refractivity contribution in [3.8, 4) is 0 Å². The lowest BCUT2D eigenvalue weighted by Gasteiger charge is -2.34. The second-order valence-electron chi connectivity index (χ2n) is 6.62. The summed E-state index contributed by atoms with van der Waals surface area (Å²) in [6, 6.07) is 6.76. The second-order valence-corrected chi connectivity index (χ2v) is 6.62. The number of amides is 2. The number of hydrogen-bond acceptors (Lipinski definition) is 2. The topological polar surface area (TPSA) is 35.6 Å². The van der Waals surface area contributed by atoms with Gasteiger partial charge in [0.05, 0.1) is 0 Å². The highest BCUT2D eigenvalue weighted by atomic mass is 19.1. The normalized spacial score (nSPS) is 15.9. The van der Waals surface area contributed by atoms with E-state index in [1.807, 2.05) is 17.0 Å². The van der Waals surface area contributed by atoms with Crippen LogP contribution >= 0.6 is 0 Å². The first-order chi connectivity index (χ1) is 11.0. The highest BCUT2D eigenvalue weighted by Gasteiger charge is 2.20. The maximum absolute atomic E-state index is 12.9. The van der Waals surface area contributed by atoms with Crippen molar-refractivity contribution in [3.63, 3.8) is 0 Å². The van der Waals surface area contributed by atoms with Gasteiger partial charge in [0.2, 0.25) is 0 Å². The van der Waals surface area contributed by atoms with Crippen LogP contribution in [-0.4, -0.2) is 55.1 Å². The summed E-state index contributed by atoms with van der Waals surface area (Å²) in [5, 5.41) is 2.99. The Labute approximate surface area is 138 Å². The molecule has 0 unspecified atom stereocenters. The van der Waals surface area contributed by atoms with Crippen LogP contribution in [0.1, 0.15) is 25.8 Å². The summed E-state index contributed by atoms with van der Waals surface area (Å²) < 4.78 is 12.9. The van der Waals surface area contributed by atoms with Gasteiger partial charge in [-0.3, -0.25) is 4.90 Å². The van der Waals surface area contributed by atoms with Crippen molar-refractivity contribution in [2.24, 2.45) is 5.92 Å².